The van der Waals surface area contributed by atoms with Crippen LogP contribution in [-0.4, -0.2) is 28.7 Å². The van der Waals surface area contributed by atoms with Crippen LogP contribution in [0, 0.1) is 0 Å². The molecule has 3 aromatic rings. The minimum absolute atomic E-state index is 0.288. The van der Waals surface area contributed by atoms with Crippen LogP contribution in [0.5, 0.6) is 0 Å². The molecule has 1 aliphatic rings. The number of aromatic nitrogens is 1. The van der Waals surface area contributed by atoms with Gasteiger partial charge < -0.3 is 21.4 Å². The van der Waals surface area contributed by atoms with Crippen molar-refractivity contribution in [2.75, 3.05) is 0 Å². The number of primary amides is 1. The largest absolute Gasteiger partial charge is 0.369 e. The average molecular weight is 411 g/mol. The normalized spacial score (nSPS) is 17.7. The van der Waals surface area contributed by atoms with Crippen molar-refractivity contribution in [3.8, 4) is 0 Å². The zero-order chi connectivity index (χ0) is 20.5. The number of carbonyl (C=O) groups excluding carboxylic acids is 3. The van der Waals surface area contributed by atoms with Crippen molar-refractivity contribution in [3.63, 3.8) is 0 Å². The number of aromatic amines is 1. The van der Waals surface area contributed by atoms with E-state index in [0.29, 0.717) is 17.1 Å². The Kier molecular flexibility index (Phi) is 4.98. The Hall–Kier alpha value is -3.32. The first-order valence-corrected chi connectivity index (χ1v) is 9.53. The lowest BCUT2D eigenvalue weighted by atomic mass is 10.1. The molecular weight excluding hydrogens is 392 g/mol. The highest BCUT2D eigenvalue weighted by atomic mass is 35.5. The number of nitrogens with one attached hydrogen (secondary N) is 3. The van der Waals surface area contributed by atoms with Crippen molar-refractivity contribution in [2.24, 2.45) is 5.73 Å². The monoisotopic (exact) mass is 410 g/mol. The summed E-state index contributed by atoms with van der Waals surface area (Å²) in [5.74, 6) is -1.46. The van der Waals surface area contributed by atoms with E-state index in [1.807, 2.05) is 30.3 Å². The molecule has 29 heavy (non-hydrogen) atoms. The Labute approximate surface area is 171 Å². The fraction of sp³-hybridized carbons (Fsp3) is 0.190. The molecule has 5 N–H and O–H groups in total. The van der Waals surface area contributed by atoms with Crippen molar-refractivity contribution < 1.29 is 14.4 Å². The van der Waals surface area contributed by atoms with Gasteiger partial charge in [-0.05, 0) is 41.8 Å². The predicted octanol–water partition coefficient (Wildman–Crippen LogP) is 2.21. The van der Waals surface area contributed by atoms with Gasteiger partial charge in [0.1, 0.15) is 12.1 Å². The maximum atomic E-state index is 12.9. The van der Waals surface area contributed by atoms with Gasteiger partial charge in [0, 0.05) is 15.9 Å². The van der Waals surface area contributed by atoms with Gasteiger partial charge in [0.05, 0.1) is 12.1 Å². The lowest BCUT2D eigenvalue weighted by Gasteiger charge is -2.22. The van der Waals surface area contributed by atoms with Crippen molar-refractivity contribution in [3.05, 3.63) is 70.4 Å². The van der Waals surface area contributed by atoms with Crippen LogP contribution in [-0.2, 0) is 16.0 Å². The first-order valence-electron chi connectivity index (χ1n) is 9.15. The van der Waals surface area contributed by atoms with Crippen LogP contribution >= 0.6 is 11.6 Å². The van der Waals surface area contributed by atoms with Crippen LogP contribution in [0.4, 0.5) is 0 Å². The molecule has 1 aromatic heterocycles. The highest BCUT2D eigenvalue weighted by Crippen LogP contribution is 2.32. The minimum Gasteiger partial charge on any atom is -0.369 e. The number of rotatable bonds is 5. The number of carbonyl (C=O) groups is 3. The summed E-state index contributed by atoms with van der Waals surface area (Å²) in [4.78, 5) is 39.1. The molecule has 0 bridgehead atoms. The lowest BCUT2D eigenvalue weighted by molar-refractivity contribution is -0.128. The van der Waals surface area contributed by atoms with E-state index in [4.69, 9.17) is 17.3 Å². The molecule has 3 amide bonds. The zero-order valence-corrected chi connectivity index (χ0v) is 16.1. The van der Waals surface area contributed by atoms with Crippen molar-refractivity contribution in [1.82, 2.24) is 15.6 Å². The number of amides is 3. The highest BCUT2D eigenvalue weighted by Gasteiger charge is 2.34. The Morgan fingerprint density at radius 2 is 1.90 bits per heavy atom. The average Bonchev–Trinajstić information content (AvgIpc) is 3.22. The second kappa shape index (κ2) is 7.60. The van der Waals surface area contributed by atoms with E-state index < -0.39 is 24.3 Å². The topological polar surface area (TPSA) is 117 Å². The minimum atomic E-state index is -0.703. The number of hydrogen-bond acceptors (Lipinski definition) is 3. The van der Waals surface area contributed by atoms with Gasteiger partial charge in [-0.25, -0.2) is 0 Å². The Morgan fingerprint density at radius 1 is 1.10 bits per heavy atom. The van der Waals surface area contributed by atoms with Crippen molar-refractivity contribution >= 4 is 40.2 Å². The molecule has 0 saturated carbocycles. The number of fused-ring (bicyclic) bond motifs is 2. The molecule has 1 heterocycles. The lowest BCUT2D eigenvalue weighted by Crippen LogP contribution is -2.45. The fourth-order valence-corrected chi connectivity index (χ4v) is 3.94. The second-order valence-electron chi connectivity index (χ2n) is 7.09. The summed E-state index contributed by atoms with van der Waals surface area (Å²) in [6.45, 7) is 0. The van der Waals surface area contributed by atoms with Crippen LogP contribution in [0.25, 0.3) is 10.9 Å². The molecule has 0 fully saturated rings. The SMILES string of the molecule is NC(=O)CC(=O)N[C@H]1c2ccccc2C[C@H]1NC(=O)c1cc2cc(Cl)ccc2[nH]1. The third kappa shape index (κ3) is 3.95. The summed E-state index contributed by atoms with van der Waals surface area (Å²) in [6.07, 6.45) is 0.164. The van der Waals surface area contributed by atoms with E-state index in [1.165, 1.54) is 0 Å². The summed E-state index contributed by atoms with van der Waals surface area (Å²) in [5.41, 5.74) is 8.28. The smallest absolute Gasteiger partial charge is 0.268 e. The Morgan fingerprint density at radius 3 is 2.69 bits per heavy atom. The fourth-order valence-electron chi connectivity index (χ4n) is 3.76. The molecule has 7 nitrogen and oxygen atoms in total. The molecule has 8 heteroatoms. The molecule has 1 aliphatic carbocycles. The van der Waals surface area contributed by atoms with E-state index in [2.05, 4.69) is 15.6 Å². The predicted molar refractivity (Wildman–Crippen MR) is 109 cm³/mol. The van der Waals surface area contributed by atoms with E-state index >= 15 is 0 Å². The number of nitrogens with two attached hydrogens (primary N) is 1. The molecule has 0 unspecified atom stereocenters. The standard InChI is InChI=1S/C21H19ClN4O3/c22-13-5-6-15-12(7-13)9-17(24-15)21(29)25-16-8-11-3-1-2-4-14(11)20(16)26-19(28)10-18(23)27/h1-7,9,16,20,24H,8,10H2,(H2,23,27)(H,25,29)(H,26,28)/t16-,20+/m1/s1. The van der Waals surface area contributed by atoms with E-state index in [0.717, 1.165) is 22.0 Å². The molecule has 0 saturated heterocycles. The summed E-state index contributed by atoms with van der Waals surface area (Å²) < 4.78 is 0. The first kappa shape index (κ1) is 19.0. The van der Waals surface area contributed by atoms with Gasteiger partial charge in [-0.3, -0.25) is 14.4 Å². The summed E-state index contributed by atoms with van der Waals surface area (Å²) in [7, 11) is 0. The summed E-state index contributed by atoms with van der Waals surface area (Å²) in [5, 5.41) is 7.24. The quantitative estimate of drug-likeness (QED) is 0.483. The molecule has 0 spiro atoms. The van der Waals surface area contributed by atoms with Crippen LogP contribution in [0.1, 0.15) is 34.1 Å². The molecule has 0 radical (unpaired) electrons. The van der Waals surface area contributed by atoms with Gasteiger partial charge in [0.25, 0.3) is 5.91 Å². The third-order valence-corrected chi connectivity index (χ3v) is 5.26. The molecule has 2 atom stereocenters. The van der Waals surface area contributed by atoms with Crippen LogP contribution < -0.4 is 16.4 Å². The van der Waals surface area contributed by atoms with Gasteiger partial charge in [0.2, 0.25) is 11.8 Å². The maximum Gasteiger partial charge on any atom is 0.268 e. The summed E-state index contributed by atoms with van der Waals surface area (Å²) in [6, 6.07) is 13.9. The third-order valence-electron chi connectivity index (χ3n) is 5.03. The Balaban J connectivity index is 1.56. The van der Waals surface area contributed by atoms with Gasteiger partial charge in [-0.1, -0.05) is 35.9 Å². The van der Waals surface area contributed by atoms with E-state index in [9.17, 15) is 14.4 Å². The van der Waals surface area contributed by atoms with Gasteiger partial charge in [-0.2, -0.15) is 0 Å². The molecular formula is C21H19ClN4O3. The second-order valence-corrected chi connectivity index (χ2v) is 7.52. The van der Waals surface area contributed by atoms with E-state index in [1.54, 1.807) is 18.2 Å². The maximum absolute atomic E-state index is 12.9. The molecule has 2 aromatic carbocycles. The number of benzene rings is 2. The number of halogens is 1. The van der Waals surface area contributed by atoms with Gasteiger partial charge >= 0.3 is 0 Å². The zero-order valence-electron chi connectivity index (χ0n) is 15.4. The molecule has 4 rings (SSSR count). The van der Waals surface area contributed by atoms with Crippen molar-refractivity contribution in [2.45, 2.75) is 24.9 Å². The number of H-pyrrole nitrogens is 1. The Bertz CT molecular complexity index is 1120. The van der Waals surface area contributed by atoms with Crippen LogP contribution in [0.3, 0.4) is 0 Å². The first-order chi connectivity index (χ1) is 13.9. The van der Waals surface area contributed by atoms with E-state index in [-0.39, 0.29) is 11.9 Å². The molecule has 0 aliphatic heterocycles. The highest BCUT2D eigenvalue weighted by molar-refractivity contribution is 6.31. The molecule has 148 valence electrons. The van der Waals surface area contributed by atoms with Crippen LogP contribution in [0.2, 0.25) is 5.02 Å². The summed E-state index contributed by atoms with van der Waals surface area (Å²) >= 11 is 6.01. The van der Waals surface area contributed by atoms with Gasteiger partial charge in [-0.15, -0.1) is 0 Å². The van der Waals surface area contributed by atoms with Crippen LogP contribution in [0.15, 0.2) is 48.5 Å². The number of hydrogen-bond donors (Lipinski definition) is 4. The van der Waals surface area contributed by atoms with Gasteiger partial charge in [0.15, 0.2) is 0 Å². The van der Waals surface area contributed by atoms with Crippen molar-refractivity contribution in [1.29, 1.82) is 0 Å².